The highest BCUT2D eigenvalue weighted by Gasteiger charge is 2.20. The Morgan fingerprint density at radius 2 is 2.12 bits per heavy atom. The van der Waals surface area contributed by atoms with E-state index >= 15 is 0 Å². The van der Waals surface area contributed by atoms with Crippen LogP contribution in [0.25, 0.3) is 0 Å². The standard InChI is InChI=1S/C12H18N2OS/c1-13-9-10-5-6-11(16-10)12(15)14-7-3-2-4-8-14/h5-6,12,15H,1-4,7-9H2. The van der Waals surface area contributed by atoms with Gasteiger partial charge in [0.2, 0.25) is 0 Å². The Labute approximate surface area is 100 Å². The Morgan fingerprint density at radius 1 is 1.38 bits per heavy atom. The molecule has 3 nitrogen and oxygen atoms in total. The summed E-state index contributed by atoms with van der Waals surface area (Å²) in [6.45, 7) is 6.15. The first-order chi connectivity index (χ1) is 7.81. The molecule has 1 aromatic heterocycles. The second-order valence-corrected chi connectivity index (χ2v) is 5.36. The fourth-order valence-electron chi connectivity index (χ4n) is 2.07. The third-order valence-corrected chi connectivity index (χ3v) is 4.05. The molecule has 4 heteroatoms. The van der Waals surface area contributed by atoms with Crippen LogP contribution in [-0.4, -0.2) is 29.8 Å². The Morgan fingerprint density at radius 3 is 2.81 bits per heavy atom. The summed E-state index contributed by atoms with van der Waals surface area (Å²) in [4.78, 5) is 8.21. The number of likely N-dealkylation sites (tertiary alicyclic amines) is 1. The van der Waals surface area contributed by atoms with Crippen molar-refractivity contribution >= 4 is 18.1 Å². The van der Waals surface area contributed by atoms with E-state index in [0.717, 1.165) is 18.0 Å². The maximum atomic E-state index is 10.2. The average Bonchev–Trinajstić information content (AvgIpc) is 2.78. The molecule has 1 aliphatic rings. The van der Waals surface area contributed by atoms with Gasteiger partial charge >= 0.3 is 0 Å². The van der Waals surface area contributed by atoms with Gasteiger partial charge in [-0.05, 0) is 31.7 Å². The van der Waals surface area contributed by atoms with Crippen molar-refractivity contribution in [3.05, 3.63) is 21.9 Å². The van der Waals surface area contributed by atoms with Crippen molar-refractivity contribution in [3.63, 3.8) is 0 Å². The molecule has 1 atom stereocenters. The summed E-state index contributed by atoms with van der Waals surface area (Å²) in [7, 11) is 0. The van der Waals surface area contributed by atoms with E-state index in [1.54, 1.807) is 11.3 Å². The molecule has 1 aromatic rings. The topological polar surface area (TPSA) is 35.8 Å². The first-order valence-corrected chi connectivity index (χ1v) is 6.56. The van der Waals surface area contributed by atoms with Gasteiger partial charge in [0.25, 0.3) is 0 Å². The van der Waals surface area contributed by atoms with E-state index in [4.69, 9.17) is 0 Å². The highest BCUT2D eigenvalue weighted by molar-refractivity contribution is 7.12. The van der Waals surface area contributed by atoms with Crippen LogP contribution in [0.3, 0.4) is 0 Å². The number of aliphatic hydroxyl groups excluding tert-OH is 1. The molecule has 0 aromatic carbocycles. The predicted molar refractivity (Wildman–Crippen MR) is 68.0 cm³/mol. The molecule has 1 N–H and O–H groups in total. The summed E-state index contributed by atoms with van der Waals surface area (Å²) < 4.78 is 0. The summed E-state index contributed by atoms with van der Waals surface area (Å²) in [6.07, 6.45) is 3.26. The van der Waals surface area contributed by atoms with E-state index in [2.05, 4.69) is 16.6 Å². The SMILES string of the molecule is C=NCc1ccc(C(O)N2CCCCC2)s1. The Hall–Kier alpha value is -0.710. The number of thiophene rings is 1. The van der Waals surface area contributed by atoms with Gasteiger partial charge in [-0.2, -0.15) is 0 Å². The van der Waals surface area contributed by atoms with E-state index in [1.165, 1.54) is 24.1 Å². The van der Waals surface area contributed by atoms with Crippen molar-refractivity contribution in [2.45, 2.75) is 32.0 Å². The molecule has 1 aliphatic heterocycles. The molecular formula is C12H18N2OS. The third-order valence-electron chi connectivity index (χ3n) is 2.94. The summed E-state index contributed by atoms with van der Waals surface area (Å²) in [6, 6.07) is 4.03. The molecule has 0 aliphatic carbocycles. The second kappa shape index (κ2) is 5.57. The van der Waals surface area contributed by atoms with Crippen LogP contribution in [-0.2, 0) is 6.54 Å². The lowest BCUT2D eigenvalue weighted by Crippen LogP contribution is -2.33. The minimum atomic E-state index is -0.427. The molecule has 0 saturated carbocycles. The molecule has 0 amide bonds. The summed E-state index contributed by atoms with van der Waals surface area (Å²) in [5.74, 6) is 0. The monoisotopic (exact) mass is 238 g/mol. The lowest BCUT2D eigenvalue weighted by molar-refractivity contribution is -0.00721. The summed E-state index contributed by atoms with van der Waals surface area (Å²) in [5.41, 5.74) is 0. The van der Waals surface area contributed by atoms with Crippen molar-refractivity contribution in [3.8, 4) is 0 Å². The zero-order valence-electron chi connectivity index (χ0n) is 9.43. The van der Waals surface area contributed by atoms with E-state index in [-0.39, 0.29) is 0 Å². The normalized spacial score (nSPS) is 19.6. The molecule has 0 spiro atoms. The van der Waals surface area contributed by atoms with E-state index in [1.807, 2.05) is 12.1 Å². The predicted octanol–water partition coefficient (Wildman–Crippen LogP) is 2.43. The molecule has 1 unspecified atom stereocenters. The molecule has 2 heterocycles. The van der Waals surface area contributed by atoms with Crippen molar-refractivity contribution in [2.24, 2.45) is 4.99 Å². The third kappa shape index (κ3) is 2.70. The van der Waals surface area contributed by atoms with Crippen LogP contribution < -0.4 is 0 Å². The van der Waals surface area contributed by atoms with Crippen molar-refractivity contribution in [1.82, 2.24) is 4.90 Å². The Bertz CT molecular complexity index is 345. The van der Waals surface area contributed by atoms with Crippen LogP contribution in [0.1, 0.15) is 35.2 Å². The van der Waals surface area contributed by atoms with Gasteiger partial charge in [-0.3, -0.25) is 9.89 Å². The zero-order valence-corrected chi connectivity index (χ0v) is 10.2. The average molecular weight is 238 g/mol. The lowest BCUT2D eigenvalue weighted by atomic mass is 10.1. The largest absolute Gasteiger partial charge is 0.373 e. The van der Waals surface area contributed by atoms with E-state index in [9.17, 15) is 5.11 Å². The Balaban J connectivity index is 2.01. The Kier molecular flexibility index (Phi) is 4.09. The lowest BCUT2D eigenvalue weighted by Gasteiger charge is -2.30. The second-order valence-electron chi connectivity index (χ2n) is 4.16. The molecule has 0 bridgehead atoms. The zero-order chi connectivity index (χ0) is 11.4. The van der Waals surface area contributed by atoms with Gasteiger partial charge in [0.05, 0.1) is 6.54 Å². The molecule has 16 heavy (non-hydrogen) atoms. The molecule has 1 fully saturated rings. The maximum absolute atomic E-state index is 10.2. The number of aliphatic hydroxyl groups is 1. The molecule has 2 rings (SSSR count). The van der Waals surface area contributed by atoms with Gasteiger partial charge < -0.3 is 5.11 Å². The fraction of sp³-hybridized carbons (Fsp3) is 0.583. The fourth-order valence-corrected chi connectivity index (χ4v) is 3.06. The van der Waals surface area contributed by atoms with Crippen LogP contribution >= 0.6 is 11.3 Å². The van der Waals surface area contributed by atoms with Crippen molar-refractivity contribution in [1.29, 1.82) is 0 Å². The number of nitrogens with zero attached hydrogens (tertiary/aromatic N) is 2. The minimum absolute atomic E-state index is 0.427. The van der Waals surface area contributed by atoms with Crippen LogP contribution in [0.15, 0.2) is 17.1 Å². The maximum Gasteiger partial charge on any atom is 0.142 e. The molecule has 0 radical (unpaired) electrons. The molecule has 88 valence electrons. The van der Waals surface area contributed by atoms with Crippen molar-refractivity contribution in [2.75, 3.05) is 13.1 Å². The van der Waals surface area contributed by atoms with E-state index < -0.39 is 6.23 Å². The first kappa shape index (κ1) is 11.8. The number of hydrogen-bond donors (Lipinski definition) is 1. The number of piperidine rings is 1. The van der Waals surface area contributed by atoms with Crippen LogP contribution in [0.2, 0.25) is 0 Å². The van der Waals surface area contributed by atoms with Crippen LogP contribution in [0.4, 0.5) is 0 Å². The van der Waals surface area contributed by atoms with Gasteiger partial charge in [0.15, 0.2) is 0 Å². The highest BCUT2D eigenvalue weighted by Crippen LogP contribution is 2.28. The van der Waals surface area contributed by atoms with Crippen LogP contribution in [0.5, 0.6) is 0 Å². The quantitative estimate of drug-likeness (QED) is 0.818. The van der Waals surface area contributed by atoms with Gasteiger partial charge in [-0.15, -0.1) is 11.3 Å². The van der Waals surface area contributed by atoms with Gasteiger partial charge in [0.1, 0.15) is 6.23 Å². The smallest absolute Gasteiger partial charge is 0.142 e. The highest BCUT2D eigenvalue weighted by atomic mass is 32.1. The van der Waals surface area contributed by atoms with E-state index in [0.29, 0.717) is 6.54 Å². The minimum Gasteiger partial charge on any atom is -0.373 e. The summed E-state index contributed by atoms with van der Waals surface area (Å²) in [5, 5.41) is 10.2. The van der Waals surface area contributed by atoms with Gasteiger partial charge in [-0.25, -0.2) is 0 Å². The first-order valence-electron chi connectivity index (χ1n) is 5.74. The molecule has 1 saturated heterocycles. The van der Waals surface area contributed by atoms with Gasteiger partial charge in [0, 0.05) is 22.8 Å². The summed E-state index contributed by atoms with van der Waals surface area (Å²) >= 11 is 1.63. The number of rotatable bonds is 4. The van der Waals surface area contributed by atoms with Crippen molar-refractivity contribution < 1.29 is 5.11 Å². The van der Waals surface area contributed by atoms with Gasteiger partial charge in [-0.1, -0.05) is 6.42 Å². The molecular weight excluding hydrogens is 220 g/mol. The number of hydrogen-bond acceptors (Lipinski definition) is 4. The number of aliphatic imine (C=N–C) groups is 1. The van der Waals surface area contributed by atoms with Crippen LogP contribution in [0, 0.1) is 0 Å².